The van der Waals surface area contributed by atoms with Gasteiger partial charge in [0.05, 0.1) is 11.9 Å². The van der Waals surface area contributed by atoms with Crippen LogP contribution in [0, 0.1) is 0 Å². The van der Waals surface area contributed by atoms with Gasteiger partial charge in [0.1, 0.15) is 0 Å². The number of nitrogens with zero attached hydrogens (tertiary/aromatic N) is 5. The number of nitrogens with one attached hydrogen (secondary N) is 1. The van der Waals surface area contributed by atoms with Crippen molar-refractivity contribution in [2.75, 3.05) is 11.6 Å². The molecule has 7 heteroatoms. The fourth-order valence-electron chi connectivity index (χ4n) is 2.52. The second-order valence-corrected chi connectivity index (χ2v) is 6.17. The molecule has 0 aliphatic rings. The topological polar surface area (TPSA) is 68.0 Å². The average molecular weight is 348 g/mol. The summed E-state index contributed by atoms with van der Waals surface area (Å²) in [5, 5.41) is 8.34. The van der Waals surface area contributed by atoms with E-state index in [1.165, 1.54) is 11.8 Å². The number of pyridine rings is 1. The van der Waals surface area contributed by atoms with E-state index in [1.807, 2.05) is 30.5 Å². The van der Waals surface area contributed by atoms with Crippen molar-refractivity contribution in [2.24, 2.45) is 0 Å². The molecule has 0 saturated heterocycles. The molecule has 3 heterocycles. The summed E-state index contributed by atoms with van der Waals surface area (Å²) in [7, 11) is 0. The monoisotopic (exact) mass is 348 g/mol. The fourth-order valence-corrected chi connectivity index (χ4v) is 2.88. The molecule has 0 bridgehead atoms. The fraction of sp³-hybridized carbons (Fsp3) is 0.111. The average Bonchev–Trinajstić information content (AvgIpc) is 3.16. The van der Waals surface area contributed by atoms with Gasteiger partial charge in [-0.25, -0.2) is 4.98 Å². The number of fused-ring (bicyclic) bond motifs is 1. The first kappa shape index (κ1) is 15.6. The molecule has 0 aliphatic carbocycles. The van der Waals surface area contributed by atoms with Gasteiger partial charge in [-0.15, -0.1) is 0 Å². The van der Waals surface area contributed by atoms with Gasteiger partial charge < -0.3 is 5.32 Å². The molecule has 0 spiro atoms. The Kier molecular flexibility index (Phi) is 4.30. The van der Waals surface area contributed by atoms with Crippen molar-refractivity contribution in [3.63, 3.8) is 0 Å². The molecule has 25 heavy (non-hydrogen) atoms. The number of hydrogen-bond donors (Lipinski definition) is 1. The first-order valence-electron chi connectivity index (χ1n) is 7.83. The number of thioether (sulfide) groups is 1. The van der Waals surface area contributed by atoms with Crippen LogP contribution in [0.25, 0.3) is 16.9 Å². The lowest BCUT2D eigenvalue weighted by molar-refractivity contribution is 0.831. The molecule has 3 aromatic heterocycles. The van der Waals surface area contributed by atoms with Crippen molar-refractivity contribution >= 4 is 23.4 Å². The summed E-state index contributed by atoms with van der Waals surface area (Å²) >= 11 is 1.51. The van der Waals surface area contributed by atoms with Crippen molar-refractivity contribution in [1.29, 1.82) is 0 Å². The molecule has 1 aromatic carbocycles. The Balaban J connectivity index is 1.53. The second kappa shape index (κ2) is 6.90. The lowest BCUT2D eigenvalue weighted by Crippen LogP contribution is -2.09. The Morgan fingerprint density at radius 1 is 1.00 bits per heavy atom. The Bertz CT molecular complexity index is 982. The predicted molar refractivity (Wildman–Crippen MR) is 99.6 cm³/mol. The Morgan fingerprint density at radius 3 is 2.64 bits per heavy atom. The second-order valence-electron chi connectivity index (χ2n) is 5.40. The molecule has 0 saturated carbocycles. The van der Waals surface area contributed by atoms with Crippen molar-refractivity contribution < 1.29 is 0 Å². The molecule has 0 unspecified atom stereocenters. The van der Waals surface area contributed by atoms with E-state index < -0.39 is 0 Å². The van der Waals surface area contributed by atoms with E-state index in [-0.39, 0.29) is 0 Å². The van der Waals surface area contributed by atoms with E-state index in [0.29, 0.717) is 12.5 Å². The summed E-state index contributed by atoms with van der Waals surface area (Å²) in [5.41, 5.74) is 4.02. The Labute approximate surface area is 149 Å². The van der Waals surface area contributed by atoms with Crippen LogP contribution in [-0.2, 0) is 6.54 Å². The maximum atomic E-state index is 4.50. The van der Waals surface area contributed by atoms with Crippen LogP contribution in [-0.4, -0.2) is 30.8 Å². The summed E-state index contributed by atoms with van der Waals surface area (Å²) in [6.45, 7) is 0.655. The third kappa shape index (κ3) is 3.32. The normalized spacial score (nSPS) is 10.9. The molecule has 1 N–H and O–H groups in total. The zero-order chi connectivity index (χ0) is 17.1. The van der Waals surface area contributed by atoms with Gasteiger partial charge in [-0.05, 0) is 24.0 Å². The predicted octanol–water partition coefficient (Wildman–Crippen LogP) is 3.52. The zero-order valence-electron chi connectivity index (χ0n) is 13.6. The third-order valence-electron chi connectivity index (χ3n) is 3.78. The van der Waals surface area contributed by atoms with Gasteiger partial charge in [0.25, 0.3) is 0 Å². The van der Waals surface area contributed by atoms with E-state index >= 15 is 0 Å². The minimum absolute atomic E-state index is 0.655. The maximum Gasteiger partial charge on any atom is 0.228 e. The molecule has 0 aliphatic heterocycles. The first-order valence-corrected chi connectivity index (χ1v) is 9.06. The van der Waals surface area contributed by atoms with Crippen LogP contribution in [0.3, 0.4) is 0 Å². The van der Waals surface area contributed by atoms with Gasteiger partial charge in [0.15, 0.2) is 10.8 Å². The highest BCUT2D eigenvalue weighted by molar-refractivity contribution is 7.98. The van der Waals surface area contributed by atoms with E-state index in [2.05, 4.69) is 49.6 Å². The lowest BCUT2D eigenvalue weighted by atomic mass is 10.1. The van der Waals surface area contributed by atoms with Crippen LogP contribution in [0.15, 0.2) is 66.1 Å². The number of hydrogen-bond acceptors (Lipinski definition) is 6. The van der Waals surface area contributed by atoms with Crippen molar-refractivity contribution in [1.82, 2.24) is 24.6 Å². The standard InChI is InChI=1S/C18H16N6S/c1-25-18-22-16-9-11-21-24(16)17(23-18)20-12-13-5-7-14(8-6-13)15-4-2-3-10-19-15/h2-11H,12H2,1H3,(H,20,22,23). The van der Waals surface area contributed by atoms with Crippen LogP contribution >= 0.6 is 11.8 Å². The van der Waals surface area contributed by atoms with Crippen molar-refractivity contribution in [2.45, 2.75) is 11.7 Å². The van der Waals surface area contributed by atoms with E-state index in [9.17, 15) is 0 Å². The van der Waals surface area contributed by atoms with Crippen LogP contribution < -0.4 is 5.32 Å². The van der Waals surface area contributed by atoms with Gasteiger partial charge in [-0.2, -0.15) is 14.6 Å². The molecule has 0 fully saturated rings. The molecule has 0 atom stereocenters. The molecule has 0 amide bonds. The lowest BCUT2D eigenvalue weighted by Gasteiger charge is -2.09. The van der Waals surface area contributed by atoms with E-state index in [4.69, 9.17) is 0 Å². The smallest absolute Gasteiger partial charge is 0.228 e. The highest BCUT2D eigenvalue weighted by atomic mass is 32.2. The number of benzene rings is 1. The van der Waals surface area contributed by atoms with Crippen LogP contribution in [0.4, 0.5) is 5.95 Å². The summed E-state index contributed by atoms with van der Waals surface area (Å²) in [6, 6.07) is 16.1. The maximum absolute atomic E-state index is 4.50. The minimum atomic E-state index is 0.655. The summed E-state index contributed by atoms with van der Waals surface area (Å²) in [6.07, 6.45) is 5.49. The Hall–Kier alpha value is -2.93. The molecule has 0 radical (unpaired) electrons. The molecule has 4 rings (SSSR count). The zero-order valence-corrected chi connectivity index (χ0v) is 14.4. The molecular formula is C18H16N6S. The third-order valence-corrected chi connectivity index (χ3v) is 4.33. The largest absolute Gasteiger partial charge is 0.350 e. The quantitative estimate of drug-likeness (QED) is 0.557. The van der Waals surface area contributed by atoms with Gasteiger partial charge in [-0.3, -0.25) is 4.98 Å². The highest BCUT2D eigenvalue weighted by Gasteiger charge is 2.07. The number of aromatic nitrogens is 5. The Morgan fingerprint density at radius 2 is 1.88 bits per heavy atom. The van der Waals surface area contributed by atoms with Crippen molar-refractivity contribution in [3.8, 4) is 11.3 Å². The summed E-state index contributed by atoms with van der Waals surface area (Å²) in [4.78, 5) is 13.3. The number of anilines is 1. The molecular weight excluding hydrogens is 332 g/mol. The van der Waals surface area contributed by atoms with E-state index in [0.717, 1.165) is 27.6 Å². The van der Waals surface area contributed by atoms with E-state index in [1.54, 1.807) is 16.9 Å². The van der Waals surface area contributed by atoms with Crippen LogP contribution in [0.2, 0.25) is 0 Å². The van der Waals surface area contributed by atoms with Crippen molar-refractivity contribution in [3.05, 3.63) is 66.5 Å². The highest BCUT2D eigenvalue weighted by Crippen LogP contribution is 2.18. The SMILES string of the molecule is CSc1nc(NCc2ccc(-c3ccccn3)cc2)n2nccc2n1. The molecule has 124 valence electrons. The van der Waals surface area contributed by atoms with Gasteiger partial charge in [0.2, 0.25) is 5.95 Å². The molecule has 4 aromatic rings. The van der Waals surface area contributed by atoms with Gasteiger partial charge in [-0.1, -0.05) is 42.1 Å². The van der Waals surface area contributed by atoms with Crippen LogP contribution in [0.1, 0.15) is 5.56 Å². The molecule has 6 nitrogen and oxygen atoms in total. The number of rotatable bonds is 5. The first-order chi connectivity index (χ1) is 12.3. The van der Waals surface area contributed by atoms with Gasteiger partial charge in [0, 0.05) is 24.4 Å². The summed E-state index contributed by atoms with van der Waals surface area (Å²) < 4.78 is 1.71. The summed E-state index contributed by atoms with van der Waals surface area (Å²) in [5.74, 6) is 0.688. The minimum Gasteiger partial charge on any atom is -0.350 e. The van der Waals surface area contributed by atoms with Gasteiger partial charge >= 0.3 is 0 Å². The van der Waals surface area contributed by atoms with Crippen LogP contribution in [0.5, 0.6) is 0 Å².